The second-order valence-corrected chi connectivity index (χ2v) is 16.1. The number of esters is 3. The molecule has 0 aliphatic heterocycles. The molecule has 2 aromatic rings. The first-order valence-electron chi connectivity index (χ1n) is 21.8. The van der Waals surface area contributed by atoms with Gasteiger partial charge in [0.05, 0.1) is 42.0 Å². The lowest BCUT2D eigenvalue weighted by molar-refractivity contribution is -0.167. The first kappa shape index (κ1) is 57.7. The molecular formula is C45H59F12NO8. The van der Waals surface area contributed by atoms with Gasteiger partial charge in [0.1, 0.15) is 24.7 Å². The van der Waals surface area contributed by atoms with Gasteiger partial charge in [-0.1, -0.05) is 77.0 Å². The van der Waals surface area contributed by atoms with E-state index >= 15 is 0 Å². The summed E-state index contributed by atoms with van der Waals surface area (Å²) in [4.78, 5) is 38.7. The Kier molecular flexibility index (Phi) is 25.1. The van der Waals surface area contributed by atoms with Crippen LogP contribution in [0.1, 0.15) is 138 Å². The molecule has 2 aromatic carbocycles. The summed E-state index contributed by atoms with van der Waals surface area (Å²) in [7, 11) is 3.33. The number of hydrogen-bond donors (Lipinski definition) is 0. The Balaban J connectivity index is 1.60. The van der Waals surface area contributed by atoms with Crippen LogP contribution < -0.4 is 9.47 Å². The predicted molar refractivity (Wildman–Crippen MR) is 217 cm³/mol. The maximum Gasteiger partial charge on any atom is 0.416 e. The average molecular weight is 970 g/mol. The van der Waals surface area contributed by atoms with E-state index in [1.165, 1.54) is 0 Å². The van der Waals surface area contributed by atoms with Gasteiger partial charge in [-0.3, -0.25) is 19.3 Å². The van der Waals surface area contributed by atoms with E-state index in [1.807, 2.05) is 0 Å². The maximum atomic E-state index is 13.0. The number of hydrogen-bond acceptors (Lipinski definition) is 9. The number of halogens is 12. The van der Waals surface area contributed by atoms with Gasteiger partial charge in [0.15, 0.2) is 6.10 Å². The first-order chi connectivity index (χ1) is 30.8. The summed E-state index contributed by atoms with van der Waals surface area (Å²) in [5.41, 5.74) is -5.76. The second kappa shape index (κ2) is 28.7. The van der Waals surface area contributed by atoms with E-state index in [1.54, 1.807) is 19.0 Å². The van der Waals surface area contributed by atoms with Crippen LogP contribution >= 0.6 is 0 Å². The minimum Gasteiger partial charge on any atom is -0.494 e. The summed E-state index contributed by atoms with van der Waals surface area (Å²) in [6, 6.07) is 2.25. The summed E-state index contributed by atoms with van der Waals surface area (Å²) >= 11 is 0. The van der Waals surface area contributed by atoms with Gasteiger partial charge in [-0.15, -0.1) is 0 Å². The molecule has 0 fully saturated rings. The van der Waals surface area contributed by atoms with E-state index in [0.29, 0.717) is 69.2 Å². The Hall–Kier alpha value is -4.43. The quantitative estimate of drug-likeness (QED) is 0.0316. The van der Waals surface area contributed by atoms with Crippen LogP contribution in [-0.4, -0.2) is 76.0 Å². The van der Waals surface area contributed by atoms with Crippen molar-refractivity contribution in [3.8, 4) is 11.5 Å². The molecule has 21 heteroatoms. The summed E-state index contributed by atoms with van der Waals surface area (Å²) in [6.45, 7) is -0.748. The second-order valence-electron chi connectivity index (χ2n) is 16.1. The minimum absolute atomic E-state index is 0.0209. The summed E-state index contributed by atoms with van der Waals surface area (Å²) in [5.74, 6) is -2.67. The Morgan fingerprint density at radius 2 is 0.742 bits per heavy atom. The Labute approximate surface area is 376 Å². The van der Waals surface area contributed by atoms with E-state index in [2.05, 4.69) is 0 Å². The van der Waals surface area contributed by atoms with Crippen LogP contribution in [0.15, 0.2) is 36.4 Å². The number of ether oxygens (including phenoxy) is 5. The van der Waals surface area contributed by atoms with Crippen LogP contribution in [0.4, 0.5) is 52.7 Å². The van der Waals surface area contributed by atoms with Crippen LogP contribution in [-0.2, 0) is 53.3 Å². The molecule has 0 radical (unpaired) electrons. The minimum atomic E-state index is -4.96. The molecule has 0 amide bonds. The van der Waals surface area contributed by atoms with Gasteiger partial charge in [0, 0.05) is 12.8 Å². The SMILES string of the molecule is CN(C)CC(=O)OCC(COC(=O)CCCCCCCCCCOc1cc(C(F)(F)F)cc(C(F)(F)F)c1)OC(=O)CCCCCCCCCCOc1cc(C(F)(F)F)cc(C(F)(F)F)c1. The largest absolute Gasteiger partial charge is 0.494 e. The highest BCUT2D eigenvalue weighted by Crippen LogP contribution is 2.39. The number of nitrogens with zero attached hydrogens (tertiary/aromatic N) is 1. The molecule has 0 N–H and O–H groups in total. The molecule has 1 atom stereocenters. The van der Waals surface area contributed by atoms with Crippen molar-refractivity contribution in [2.45, 2.75) is 146 Å². The van der Waals surface area contributed by atoms with Crippen LogP contribution in [0.3, 0.4) is 0 Å². The van der Waals surface area contributed by atoms with E-state index in [0.717, 1.165) is 57.8 Å². The molecular weight excluding hydrogens is 910 g/mol. The van der Waals surface area contributed by atoms with Crippen LogP contribution in [0.25, 0.3) is 0 Å². The third-order valence-electron chi connectivity index (χ3n) is 9.81. The fourth-order valence-corrected chi connectivity index (χ4v) is 6.37. The number of benzene rings is 2. The molecule has 66 heavy (non-hydrogen) atoms. The van der Waals surface area contributed by atoms with Crippen molar-refractivity contribution in [1.29, 1.82) is 0 Å². The highest BCUT2D eigenvalue weighted by atomic mass is 19.4. The number of unbranched alkanes of at least 4 members (excludes halogenated alkanes) is 14. The topological polar surface area (TPSA) is 101 Å². The van der Waals surface area contributed by atoms with Gasteiger partial charge in [0.25, 0.3) is 0 Å². The smallest absolute Gasteiger partial charge is 0.416 e. The van der Waals surface area contributed by atoms with Crippen molar-refractivity contribution in [2.24, 2.45) is 0 Å². The van der Waals surface area contributed by atoms with Gasteiger partial charge in [-0.25, -0.2) is 0 Å². The number of rotatable bonds is 31. The van der Waals surface area contributed by atoms with Crippen LogP contribution in [0.2, 0.25) is 0 Å². The monoisotopic (exact) mass is 969 g/mol. The highest BCUT2D eigenvalue weighted by Gasteiger charge is 2.38. The zero-order chi connectivity index (χ0) is 49.4. The van der Waals surface area contributed by atoms with E-state index in [9.17, 15) is 67.1 Å². The van der Waals surface area contributed by atoms with Crippen molar-refractivity contribution in [3.63, 3.8) is 0 Å². The third kappa shape index (κ3) is 25.5. The lowest BCUT2D eigenvalue weighted by Crippen LogP contribution is -2.33. The Morgan fingerprint density at radius 1 is 0.439 bits per heavy atom. The summed E-state index contributed by atoms with van der Waals surface area (Å²) in [6.07, 6.45) is -9.63. The fraction of sp³-hybridized carbons (Fsp3) is 0.667. The molecule has 0 aliphatic carbocycles. The van der Waals surface area contributed by atoms with E-state index < -0.39 is 82.5 Å². The van der Waals surface area contributed by atoms with Crippen LogP contribution in [0.5, 0.6) is 11.5 Å². The lowest BCUT2D eigenvalue weighted by atomic mass is 10.1. The van der Waals surface area contributed by atoms with Gasteiger partial charge >= 0.3 is 42.6 Å². The van der Waals surface area contributed by atoms with Crippen molar-refractivity contribution < 1.29 is 90.8 Å². The molecule has 1 unspecified atom stereocenters. The molecule has 0 aliphatic rings. The number of carbonyl (C=O) groups is 3. The molecule has 0 spiro atoms. The van der Waals surface area contributed by atoms with Crippen molar-refractivity contribution in [3.05, 3.63) is 58.7 Å². The maximum absolute atomic E-state index is 13.0. The van der Waals surface area contributed by atoms with Crippen molar-refractivity contribution in [2.75, 3.05) is 47.1 Å². The van der Waals surface area contributed by atoms with Gasteiger partial charge in [0.2, 0.25) is 0 Å². The lowest BCUT2D eigenvalue weighted by Gasteiger charge is -2.19. The van der Waals surface area contributed by atoms with Gasteiger partial charge in [-0.05, 0) is 76.2 Å². The molecule has 9 nitrogen and oxygen atoms in total. The zero-order valence-electron chi connectivity index (χ0n) is 37.1. The van der Waals surface area contributed by atoms with Gasteiger partial charge in [-0.2, -0.15) is 52.7 Å². The molecule has 0 heterocycles. The number of alkyl halides is 12. The van der Waals surface area contributed by atoms with Crippen LogP contribution in [0, 0.1) is 0 Å². The average Bonchev–Trinajstić information content (AvgIpc) is 3.21. The first-order valence-corrected chi connectivity index (χ1v) is 21.8. The summed E-state index contributed by atoms with van der Waals surface area (Å²) in [5, 5.41) is 0. The number of carbonyl (C=O) groups excluding carboxylic acids is 3. The summed E-state index contributed by atoms with van der Waals surface area (Å²) < 4.78 is 183. The molecule has 0 aromatic heterocycles. The highest BCUT2D eigenvalue weighted by molar-refractivity contribution is 5.72. The number of likely N-dealkylation sites (N-methyl/N-ethyl adjacent to an activating group) is 1. The van der Waals surface area contributed by atoms with E-state index in [-0.39, 0.29) is 57.9 Å². The fourth-order valence-electron chi connectivity index (χ4n) is 6.37. The van der Waals surface area contributed by atoms with Crippen molar-refractivity contribution >= 4 is 17.9 Å². The zero-order valence-corrected chi connectivity index (χ0v) is 37.1. The molecule has 0 bridgehead atoms. The predicted octanol–water partition coefficient (Wildman–Crippen LogP) is 12.8. The van der Waals surface area contributed by atoms with E-state index in [4.69, 9.17) is 23.7 Å². The molecule has 0 saturated heterocycles. The Bertz CT molecular complexity index is 1680. The normalized spacial score (nSPS) is 12.8. The standard InChI is InChI=1S/C45H59F12NO8/c1-58(2)29-41(61)65-31-38(66-40(60)20-16-12-8-4-6-10-14-18-22-63-37-27-34(44(52,53)54)24-35(28-37)45(55,56)57)30-64-39(59)19-15-11-7-3-5-9-13-17-21-62-36-25-32(42(46,47)48)23-33(26-36)43(49,50)51/h23-28,38H,3-22,29-31H2,1-2H3. The molecule has 2 rings (SSSR count). The Morgan fingerprint density at radius 3 is 1.08 bits per heavy atom. The molecule has 0 saturated carbocycles. The third-order valence-corrected chi connectivity index (χ3v) is 9.81. The van der Waals surface area contributed by atoms with Crippen molar-refractivity contribution in [1.82, 2.24) is 4.90 Å². The van der Waals surface area contributed by atoms with Gasteiger partial charge < -0.3 is 23.7 Å². The molecule has 376 valence electrons.